The fraction of sp³-hybridized carbons (Fsp3) is 0.560. The number of anilines is 1. The Morgan fingerprint density at radius 3 is 2.43 bits per heavy atom. The van der Waals surface area contributed by atoms with Crippen LogP contribution < -0.4 is 10.2 Å². The van der Waals surface area contributed by atoms with Crippen molar-refractivity contribution in [3.05, 3.63) is 52.8 Å². The minimum atomic E-state index is -0.0123. The number of carbonyl (C=O) groups excluding carboxylic acids is 1. The maximum absolute atomic E-state index is 12.9. The van der Waals surface area contributed by atoms with Gasteiger partial charge in [0.2, 0.25) is 0 Å². The van der Waals surface area contributed by atoms with Crippen molar-refractivity contribution in [2.24, 2.45) is 7.05 Å². The predicted molar refractivity (Wildman–Crippen MR) is 125 cm³/mol. The first-order valence-electron chi connectivity index (χ1n) is 11.3. The molecule has 3 rings (SSSR count). The number of hydrogen-bond donors (Lipinski definition) is 1. The second-order valence-corrected chi connectivity index (χ2v) is 8.09. The summed E-state index contributed by atoms with van der Waals surface area (Å²) in [5.41, 5.74) is 5.20. The van der Waals surface area contributed by atoms with Crippen molar-refractivity contribution in [3.63, 3.8) is 0 Å². The number of ether oxygens (including phenoxy) is 1. The first-order valence-corrected chi connectivity index (χ1v) is 11.3. The molecule has 1 aromatic heterocycles. The maximum atomic E-state index is 12.9. The lowest BCUT2D eigenvalue weighted by Crippen LogP contribution is -2.40. The molecule has 0 unspecified atom stereocenters. The van der Waals surface area contributed by atoms with Crippen molar-refractivity contribution in [1.29, 1.82) is 0 Å². The number of aryl methyl sites for hydroxylation is 2. The Bertz CT molecular complexity index is 807. The Morgan fingerprint density at radius 2 is 1.87 bits per heavy atom. The van der Waals surface area contributed by atoms with Gasteiger partial charge in [-0.2, -0.15) is 0 Å². The van der Waals surface area contributed by atoms with Gasteiger partial charge in [-0.3, -0.25) is 4.79 Å². The molecule has 0 spiro atoms. The smallest absolute Gasteiger partial charge is 0.251 e. The van der Waals surface area contributed by atoms with E-state index in [0.29, 0.717) is 12.6 Å². The van der Waals surface area contributed by atoms with Crippen LogP contribution in [0.25, 0.3) is 0 Å². The zero-order chi connectivity index (χ0) is 22.1. The minimum Gasteiger partial charge on any atom is -0.381 e. The Balaban J connectivity index is 0.00000101. The molecular weight excluding hydrogens is 374 g/mol. The second-order valence-electron chi connectivity index (χ2n) is 8.09. The van der Waals surface area contributed by atoms with Crippen LogP contribution >= 0.6 is 0 Å². The Morgan fingerprint density at radius 1 is 1.20 bits per heavy atom. The van der Waals surface area contributed by atoms with Gasteiger partial charge in [0.25, 0.3) is 5.91 Å². The molecule has 0 bridgehead atoms. The Hall–Kier alpha value is -2.27. The number of nitrogens with one attached hydrogen (secondary N) is 1. The average molecular weight is 414 g/mol. The first-order chi connectivity index (χ1) is 14.4. The van der Waals surface area contributed by atoms with Crippen molar-refractivity contribution in [3.8, 4) is 0 Å². The highest BCUT2D eigenvalue weighted by Crippen LogP contribution is 2.29. The van der Waals surface area contributed by atoms with Gasteiger partial charge in [0.05, 0.1) is 6.54 Å². The fourth-order valence-electron chi connectivity index (χ4n) is 3.94. The Kier molecular flexibility index (Phi) is 9.44. The number of rotatable bonds is 6. The predicted octanol–water partition coefficient (Wildman–Crippen LogP) is 4.99. The van der Waals surface area contributed by atoms with Crippen molar-refractivity contribution in [1.82, 2.24) is 9.88 Å². The van der Waals surface area contributed by atoms with E-state index in [1.54, 1.807) is 0 Å². The largest absolute Gasteiger partial charge is 0.381 e. The standard InChI is InChI=1S/C22H31N3O2.C3H8/c1-5-25(18-8-11-27-12-9-18)21-14-16(2)13-20(17(21)3)22(26)23-15-19-7-6-10-24(19)4;1-3-2/h6-7,10,13-14,18H,5,8-9,11-12,15H2,1-4H3,(H,23,26);3H2,1-2H3. The summed E-state index contributed by atoms with van der Waals surface area (Å²) in [7, 11) is 1.99. The molecule has 0 aliphatic carbocycles. The molecule has 166 valence electrons. The van der Waals surface area contributed by atoms with Gasteiger partial charge in [-0.05, 0) is 69.0 Å². The molecule has 1 aliphatic heterocycles. The zero-order valence-corrected chi connectivity index (χ0v) is 19.6. The lowest BCUT2D eigenvalue weighted by Gasteiger charge is -2.36. The van der Waals surface area contributed by atoms with E-state index in [1.165, 1.54) is 12.1 Å². The lowest BCUT2D eigenvalue weighted by atomic mass is 9.98. The van der Waals surface area contributed by atoms with Gasteiger partial charge in [-0.1, -0.05) is 20.3 Å². The van der Waals surface area contributed by atoms with Crippen LogP contribution in [-0.2, 0) is 18.3 Å². The number of aromatic nitrogens is 1. The van der Waals surface area contributed by atoms with Crippen LogP contribution in [-0.4, -0.2) is 36.3 Å². The molecule has 2 heterocycles. The van der Waals surface area contributed by atoms with E-state index in [0.717, 1.165) is 55.0 Å². The van der Waals surface area contributed by atoms with Gasteiger partial charge in [-0.25, -0.2) is 0 Å². The SMILES string of the molecule is CCC.CCN(c1cc(C)cc(C(=O)NCc2cccn2C)c1C)C1CCOCC1. The normalized spacial score (nSPS) is 14.1. The van der Waals surface area contributed by atoms with Crippen LogP contribution in [0.5, 0.6) is 0 Å². The summed E-state index contributed by atoms with van der Waals surface area (Å²) < 4.78 is 7.56. The van der Waals surface area contributed by atoms with Gasteiger partial charge in [-0.15, -0.1) is 0 Å². The number of nitrogens with zero attached hydrogens (tertiary/aromatic N) is 2. The summed E-state index contributed by atoms with van der Waals surface area (Å²) >= 11 is 0. The van der Waals surface area contributed by atoms with E-state index in [1.807, 2.05) is 36.0 Å². The van der Waals surface area contributed by atoms with Crippen molar-refractivity contribution in [2.45, 2.75) is 66.5 Å². The van der Waals surface area contributed by atoms with Crippen molar-refractivity contribution >= 4 is 11.6 Å². The van der Waals surface area contributed by atoms with Crippen LogP contribution in [0.4, 0.5) is 5.69 Å². The monoisotopic (exact) mass is 413 g/mol. The topological polar surface area (TPSA) is 46.5 Å². The molecule has 0 atom stereocenters. The summed E-state index contributed by atoms with van der Waals surface area (Å²) in [5.74, 6) is -0.0123. The van der Waals surface area contributed by atoms with Gasteiger partial charge >= 0.3 is 0 Å². The summed E-state index contributed by atoms with van der Waals surface area (Å²) in [4.78, 5) is 15.3. The molecule has 1 N–H and O–H groups in total. The third-order valence-corrected chi connectivity index (χ3v) is 5.53. The molecule has 1 aliphatic rings. The highest BCUT2D eigenvalue weighted by molar-refractivity contribution is 5.97. The summed E-state index contributed by atoms with van der Waals surface area (Å²) in [5, 5.41) is 3.08. The van der Waals surface area contributed by atoms with Crippen LogP contribution in [0, 0.1) is 13.8 Å². The van der Waals surface area contributed by atoms with E-state index in [2.05, 4.69) is 50.9 Å². The van der Waals surface area contributed by atoms with E-state index < -0.39 is 0 Å². The maximum Gasteiger partial charge on any atom is 0.251 e. The Labute approximate surface area is 182 Å². The van der Waals surface area contributed by atoms with E-state index in [9.17, 15) is 4.79 Å². The van der Waals surface area contributed by atoms with Crippen LogP contribution in [0.15, 0.2) is 30.5 Å². The minimum absolute atomic E-state index is 0.0123. The number of amides is 1. The molecule has 1 saturated heterocycles. The van der Waals surface area contributed by atoms with Gasteiger partial charge < -0.3 is 19.5 Å². The van der Waals surface area contributed by atoms with E-state index >= 15 is 0 Å². The van der Waals surface area contributed by atoms with E-state index in [-0.39, 0.29) is 5.91 Å². The third-order valence-electron chi connectivity index (χ3n) is 5.53. The molecule has 2 aromatic rings. The molecule has 1 amide bonds. The number of hydrogen-bond acceptors (Lipinski definition) is 3. The fourth-order valence-corrected chi connectivity index (χ4v) is 3.94. The number of benzene rings is 1. The second kappa shape index (κ2) is 11.8. The van der Waals surface area contributed by atoms with Crippen molar-refractivity contribution < 1.29 is 9.53 Å². The molecule has 5 heteroatoms. The van der Waals surface area contributed by atoms with Gasteiger partial charge in [0.1, 0.15) is 0 Å². The molecular formula is C25H39N3O2. The molecule has 1 fully saturated rings. The molecule has 30 heavy (non-hydrogen) atoms. The summed E-state index contributed by atoms with van der Waals surface area (Å²) in [6.45, 7) is 13.7. The lowest BCUT2D eigenvalue weighted by molar-refractivity contribution is 0.0845. The quantitative estimate of drug-likeness (QED) is 0.725. The molecule has 1 aromatic carbocycles. The third kappa shape index (κ3) is 6.11. The van der Waals surface area contributed by atoms with Crippen LogP contribution in [0.1, 0.15) is 67.2 Å². The first kappa shape index (κ1) is 24.0. The average Bonchev–Trinajstić information content (AvgIpc) is 3.15. The van der Waals surface area contributed by atoms with E-state index in [4.69, 9.17) is 4.74 Å². The molecule has 5 nitrogen and oxygen atoms in total. The zero-order valence-electron chi connectivity index (χ0n) is 19.6. The van der Waals surface area contributed by atoms with Gasteiger partial charge in [0.15, 0.2) is 0 Å². The molecule has 0 radical (unpaired) electrons. The summed E-state index contributed by atoms with van der Waals surface area (Å²) in [6, 6.07) is 8.70. The van der Waals surface area contributed by atoms with Gasteiger partial charge in [0, 0.05) is 56.0 Å². The molecule has 0 saturated carbocycles. The summed E-state index contributed by atoms with van der Waals surface area (Å²) in [6.07, 6.45) is 5.32. The highest BCUT2D eigenvalue weighted by atomic mass is 16.5. The van der Waals surface area contributed by atoms with Crippen LogP contribution in [0.3, 0.4) is 0 Å². The highest BCUT2D eigenvalue weighted by Gasteiger charge is 2.24. The van der Waals surface area contributed by atoms with Crippen LogP contribution in [0.2, 0.25) is 0 Å². The number of carbonyl (C=O) groups is 1. The van der Waals surface area contributed by atoms with Crippen molar-refractivity contribution in [2.75, 3.05) is 24.7 Å².